The lowest BCUT2D eigenvalue weighted by molar-refractivity contribution is -0.111. The van der Waals surface area contributed by atoms with Crippen molar-refractivity contribution in [3.63, 3.8) is 0 Å². The van der Waals surface area contributed by atoms with E-state index in [1.54, 1.807) is 24.4 Å². The monoisotopic (exact) mass is 216 g/mol. The van der Waals surface area contributed by atoms with Gasteiger partial charge in [0.25, 0.3) is 0 Å². The molecule has 4 nitrogen and oxygen atoms in total. The van der Waals surface area contributed by atoms with Crippen molar-refractivity contribution in [1.29, 1.82) is 0 Å². The first-order chi connectivity index (χ1) is 7.84. The summed E-state index contributed by atoms with van der Waals surface area (Å²) in [6, 6.07) is 5.32. The van der Waals surface area contributed by atoms with Crippen molar-refractivity contribution in [3.8, 4) is 11.8 Å². The second-order valence-electron chi connectivity index (χ2n) is 3.50. The maximum Gasteiger partial charge on any atom is 0.301 e. The fourth-order valence-corrected chi connectivity index (χ4v) is 1.40. The average molecular weight is 216 g/mol. The Morgan fingerprint density at radius 3 is 3.19 bits per heavy atom. The SMILES string of the molecule is O=C(C#C[C@H]1CCOC1)Nc1ccccn1. The molecule has 1 aromatic heterocycles. The number of hydrogen-bond acceptors (Lipinski definition) is 3. The van der Waals surface area contributed by atoms with Crippen LogP contribution in [0.2, 0.25) is 0 Å². The van der Waals surface area contributed by atoms with Gasteiger partial charge in [0, 0.05) is 18.7 Å². The molecule has 0 radical (unpaired) electrons. The van der Waals surface area contributed by atoms with Gasteiger partial charge in [0.1, 0.15) is 5.82 Å². The summed E-state index contributed by atoms with van der Waals surface area (Å²) in [5, 5.41) is 2.60. The fraction of sp³-hybridized carbons (Fsp3) is 0.333. The summed E-state index contributed by atoms with van der Waals surface area (Å²) in [5.74, 6) is 5.82. The van der Waals surface area contributed by atoms with Crippen LogP contribution in [-0.4, -0.2) is 24.1 Å². The van der Waals surface area contributed by atoms with E-state index in [4.69, 9.17) is 4.74 Å². The Morgan fingerprint density at radius 1 is 1.56 bits per heavy atom. The van der Waals surface area contributed by atoms with Crippen molar-refractivity contribution in [2.75, 3.05) is 18.5 Å². The van der Waals surface area contributed by atoms with E-state index in [9.17, 15) is 4.79 Å². The number of carbonyl (C=O) groups is 1. The first kappa shape index (κ1) is 10.7. The Labute approximate surface area is 94.0 Å². The van der Waals surface area contributed by atoms with E-state index in [2.05, 4.69) is 22.1 Å². The van der Waals surface area contributed by atoms with Gasteiger partial charge >= 0.3 is 5.91 Å². The normalized spacial score (nSPS) is 18.6. The lowest BCUT2D eigenvalue weighted by atomic mass is 10.1. The molecule has 4 heteroatoms. The number of amides is 1. The van der Waals surface area contributed by atoms with Gasteiger partial charge in [0.15, 0.2) is 0 Å². The zero-order valence-electron chi connectivity index (χ0n) is 8.77. The van der Waals surface area contributed by atoms with Gasteiger partial charge in [-0.1, -0.05) is 12.0 Å². The van der Waals surface area contributed by atoms with Crippen LogP contribution >= 0.6 is 0 Å². The van der Waals surface area contributed by atoms with Crippen LogP contribution in [0.1, 0.15) is 6.42 Å². The molecule has 0 aliphatic carbocycles. The number of rotatable bonds is 1. The highest BCUT2D eigenvalue weighted by Gasteiger charge is 2.12. The van der Waals surface area contributed by atoms with Gasteiger partial charge in [-0.15, -0.1) is 0 Å². The number of anilines is 1. The molecule has 0 spiro atoms. The smallest absolute Gasteiger partial charge is 0.301 e. The van der Waals surface area contributed by atoms with Crippen LogP contribution in [0.4, 0.5) is 5.82 Å². The first-order valence-electron chi connectivity index (χ1n) is 5.16. The van der Waals surface area contributed by atoms with E-state index in [0.29, 0.717) is 12.4 Å². The van der Waals surface area contributed by atoms with Crippen molar-refractivity contribution >= 4 is 11.7 Å². The van der Waals surface area contributed by atoms with Crippen molar-refractivity contribution in [3.05, 3.63) is 24.4 Å². The van der Waals surface area contributed by atoms with Gasteiger partial charge in [0.05, 0.1) is 6.61 Å². The van der Waals surface area contributed by atoms with Gasteiger partial charge in [-0.3, -0.25) is 10.1 Å². The largest absolute Gasteiger partial charge is 0.380 e. The van der Waals surface area contributed by atoms with E-state index in [1.807, 2.05) is 0 Å². The average Bonchev–Trinajstić information content (AvgIpc) is 2.81. The van der Waals surface area contributed by atoms with Gasteiger partial charge in [-0.2, -0.15) is 0 Å². The molecule has 16 heavy (non-hydrogen) atoms. The molecule has 1 fully saturated rings. The highest BCUT2D eigenvalue weighted by Crippen LogP contribution is 2.10. The van der Waals surface area contributed by atoms with Gasteiger partial charge in [-0.05, 0) is 24.5 Å². The number of hydrogen-bond donors (Lipinski definition) is 1. The number of ether oxygens (including phenoxy) is 1. The van der Waals surface area contributed by atoms with Crippen LogP contribution in [-0.2, 0) is 9.53 Å². The van der Waals surface area contributed by atoms with Crippen molar-refractivity contribution in [1.82, 2.24) is 4.98 Å². The van der Waals surface area contributed by atoms with Gasteiger partial charge < -0.3 is 4.74 Å². The molecule has 0 saturated carbocycles. The minimum atomic E-state index is -0.328. The van der Waals surface area contributed by atoms with Crippen LogP contribution in [0.25, 0.3) is 0 Å². The standard InChI is InChI=1S/C12H12N2O2/c15-12(5-4-10-6-8-16-9-10)14-11-3-1-2-7-13-11/h1-3,7,10H,6,8-9H2,(H,13,14,15)/t10-/m0/s1. The van der Waals surface area contributed by atoms with E-state index in [0.717, 1.165) is 13.0 Å². The number of aromatic nitrogens is 1. The van der Waals surface area contributed by atoms with E-state index < -0.39 is 0 Å². The zero-order valence-corrected chi connectivity index (χ0v) is 8.77. The second kappa shape index (κ2) is 5.29. The van der Waals surface area contributed by atoms with Crippen molar-refractivity contribution < 1.29 is 9.53 Å². The molecular formula is C12H12N2O2. The van der Waals surface area contributed by atoms with Crippen molar-refractivity contribution in [2.24, 2.45) is 5.92 Å². The molecule has 1 atom stereocenters. The van der Waals surface area contributed by atoms with Crippen LogP contribution in [0.5, 0.6) is 0 Å². The molecule has 0 aromatic carbocycles. The summed E-state index contributed by atoms with van der Waals surface area (Å²) in [5.41, 5.74) is 0. The molecule has 1 N–H and O–H groups in total. The minimum Gasteiger partial charge on any atom is -0.380 e. The second-order valence-corrected chi connectivity index (χ2v) is 3.50. The maximum atomic E-state index is 11.4. The predicted molar refractivity (Wildman–Crippen MR) is 59.6 cm³/mol. The van der Waals surface area contributed by atoms with Crippen LogP contribution in [0.3, 0.4) is 0 Å². The lowest BCUT2D eigenvalue weighted by Crippen LogP contribution is -2.10. The fourth-order valence-electron chi connectivity index (χ4n) is 1.40. The van der Waals surface area contributed by atoms with Crippen LogP contribution < -0.4 is 5.32 Å². The predicted octanol–water partition coefficient (Wildman–Crippen LogP) is 1.06. The Bertz CT molecular complexity index is 414. The van der Waals surface area contributed by atoms with Gasteiger partial charge in [-0.25, -0.2) is 4.98 Å². The molecule has 82 valence electrons. The Kier molecular flexibility index (Phi) is 3.52. The molecule has 2 rings (SSSR count). The molecule has 1 aromatic rings. The Hall–Kier alpha value is -1.86. The van der Waals surface area contributed by atoms with Crippen molar-refractivity contribution in [2.45, 2.75) is 6.42 Å². The number of carbonyl (C=O) groups excluding carboxylic acids is 1. The topological polar surface area (TPSA) is 51.2 Å². The Balaban J connectivity index is 1.88. The minimum absolute atomic E-state index is 0.189. The van der Waals surface area contributed by atoms with E-state index >= 15 is 0 Å². The third-order valence-electron chi connectivity index (χ3n) is 2.23. The quantitative estimate of drug-likeness (QED) is 0.714. The molecule has 1 amide bonds. The first-order valence-corrected chi connectivity index (χ1v) is 5.16. The number of nitrogens with one attached hydrogen (secondary N) is 1. The summed E-state index contributed by atoms with van der Waals surface area (Å²) in [7, 11) is 0. The molecule has 2 heterocycles. The van der Waals surface area contributed by atoms with E-state index in [-0.39, 0.29) is 11.8 Å². The lowest BCUT2D eigenvalue weighted by Gasteiger charge is -1.98. The zero-order chi connectivity index (χ0) is 11.2. The summed E-state index contributed by atoms with van der Waals surface area (Å²) in [6.07, 6.45) is 2.53. The van der Waals surface area contributed by atoms with Gasteiger partial charge in [0.2, 0.25) is 0 Å². The highest BCUT2D eigenvalue weighted by atomic mass is 16.5. The third kappa shape index (κ3) is 3.07. The Morgan fingerprint density at radius 2 is 2.50 bits per heavy atom. The van der Waals surface area contributed by atoms with Crippen LogP contribution in [0, 0.1) is 17.8 Å². The summed E-state index contributed by atoms with van der Waals surface area (Å²) < 4.78 is 5.16. The molecule has 1 aliphatic heterocycles. The molecular weight excluding hydrogens is 204 g/mol. The van der Waals surface area contributed by atoms with E-state index in [1.165, 1.54) is 0 Å². The summed E-state index contributed by atoms with van der Waals surface area (Å²) in [4.78, 5) is 15.4. The summed E-state index contributed by atoms with van der Waals surface area (Å²) in [6.45, 7) is 1.37. The summed E-state index contributed by atoms with van der Waals surface area (Å²) >= 11 is 0. The molecule has 1 aliphatic rings. The van der Waals surface area contributed by atoms with Crippen LogP contribution in [0.15, 0.2) is 24.4 Å². The molecule has 1 saturated heterocycles. The highest BCUT2D eigenvalue weighted by molar-refractivity contribution is 6.03. The molecule has 0 unspecified atom stereocenters. The number of nitrogens with zero attached hydrogens (tertiary/aromatic N) is 1. The maximum absolute atomic E-state index is 11.4. The molecule has 0 bridgehead atoms. The third-order valence-corrected chi connectivity index (χ3v) is 2.23. The number of pyridine rings is 1.